The van der Waals surface area contributed by atoms with Crippen molar-refractivity contribution in [3.63, 3.8) is 0 Å². The number of pyridine rings is 1. The van der Waals surface area contributed by atoms with E-state index in [1.165, 1.54) is 7.11 Å². The fourth-order valence-electron chi connectivity index (χ4n) is 2.82. The van der Waals surface area contributed by atoms with E-state index in [1.54, 1.807) is 17.0 Å². The molecule has 7 nitrogen and oxygen atoms in total. The van der Waals surface area contributed by atoms with Gasteiger partial charge in [0.15, 0.2) is 5.69 Å². The number of nitrogens with zero attached hydrogens (tertiary/aromatic N) is 3. The second kappa shape index (κ2) is 6.90. The summed E-state index contributed by atoms with van der Waals surface area (Å²) in [4.78, 5) is 32.3. The number of ether oxygens (including phenoxy) is 2. The van der Waals surface area contributed by atoms with Crippen LogP contribution < -0.4 is 4.90 Å². The average Bonchev–Trinajstić information content (AvgIpc) is 2.51. The van der Waals surface area contributed by atoms with Crippen molar-refractivity contribution in [2.24, 2.45) is 0 Å². The van der Waals surface area contributed by atoms with Crippen molar-refractivity contribution in [3.05, 3.63) is 23.9 Å². The Balaban J connectivity index is 2.14. The Morgan fingerprint density at radius 3 is 2.44 bits per heavy atom. The maximum absolute atomic E-state index is 12.5. The zero-order valence-corrected chi connectivity index (χ0v) is 15.8. The smallest absolute Gasteiger partial charge is 0.410 e. The molecule has 1 aromatic heterocycles. The largest absolute Gasteiger partial charge is 0.464 e. The van der Waals surface area contributed by atoms with Gasteiger partial charge in [-0.25, -0.2) is 14.6 Å². The minimum Gasteiger partial charge on any atom is -0.464 e. The van der Waals surface area contributed by atoms with Gasteiger partial charge < -0.3 is 14.4 Å². The molecule has 0 unspecified atom stereocenters. The number of piperazine rings is 1. The van der Waals surface area contributed by atoms with Crippen molar-refractivity contribution in [1.29, 1.82) is 0 Å². The predicted molar refractivity (Wildman–Crippen MR) is 94.8 cm³/mol. The Hall–Kier alpha value is -2.31. The van der Waals surface area contributed by atoms with Gasteiger partial charge in [0.2, 0.25) is 0 Å². The molecule has 0 atom stereocenters. The van der Waals surface area contributed by atoms with Crippen molar-refractivity contribution >= 4 is 17.9 Å². The van der Waals surface area contributed by atoms with Crippen molar-refractivity contribution in [2.45, 2.75) is 45.8 Å². The highest BCUT2D eigenvalue weighted by atomic mass is 16.6. The van der Waals surface area contributed by atoms with Crippen molar-refractivity contribution in [1.82, 2.24) is 9.88 Å². The summed E-state index contributed by atoms with van der Waals surface area (Å²) in [6.07, 6.45) is -0.312. The van der Waals surface area contributed by atoms with Crippen molar-refractivity contribution < 1.29 is 19.1 Å². The first-order chi connectivity index (χ1) is 11.5. The average molecular weight is 349 g/mol. The Morgan fingerprint density at radius 1 is 1.20 bits per heavy atom. The van der Waals surface area contributed by atoms with Gasteiger partial charge >= 0.3 is 12.1 Å². The van der Waals surface area contributed by atoms with Gasteiger partial charge in [-0.1, -0.05) is 6.07 Å². The lowest BCUT2D eigenvalue weighted by Crippen LogP contribution is -2.62. The summed E-state index contributed by atoms with van der Waals surface area (Å²) in [7, 11) is 1.33. The Labute approximate surface area is 148 Å². The van der Waals surface area contributed by atoms with E-state index in [2.05, 4.69) is 9.88 Å². The molecule has 138 valence electrons. The van der Waals surface area contributed by atoms with Gasteiger partial charge in [-0.2, -0.15) is 0 Å². The SMILES string of the molecule is COC(=O)c1cccc(N2CCN(C(=O)OC(C)(C)C)C(C)(C)C2)n1. The second-order valence-corrected chi connectivity index (χ2v) is 7.74. The van der Waals surface area contributed by atoms with Crippen LogP contribution >= 0.6 is 0 Å². The maximum atomic E-state index is 12.5. The highest BCUT2D eigenvalue weighted by Crippen LogP contribution is 2.26. The first kappa shape index (κ1) is 19.0. The van der Waals surface area contributed by atoms with E-state index in [0.717, 1.165) is 0 Å². The van der Waals surface area contributed by atoms with Crippen LogP contribution in [0.3, 0.4) is 0 Å². The number of esters is 1. The van der Waals surface area contributed by atoms with Crippen molar-refractivity contribution in [3.8, 4) is 0 Å². The molecule has 1 saturated heterocycles. The topological polar surface area (TPSA) is 72.0 Å². The highest BCUT2D eigenvalue weighted by Gasteiger charge is 2.39. The van der Waals surface area contributed by atoms with Gasteiger partial charge in [0.05, 0.1) is 12.6 Å². The highest BCUT2D eigenvalue weighted by molar-refractivity contribution is 5.87. The number of carbonyl (C=O) groups is 2. The molecule has 1 aliphatic rings. The molecule has 1 fully saturated rings. The van der Waals surface area contributed by atoms with E-state index in [-0.39, 0.29) is 11.8 Å². The number of methoxy groups -OCH3 is 1. The van der Waals surface area contributed by atoms with Crippen molar-refractivity contribution in [2.75, 3.05) is 31.6 Å². The van der Waals surface area contributed by atoms with Crippen LogP contribution in [0, 0.1) is 0 Å². The third kappa shape index (κ3) is 4.61. The van der Waals surface area contributed by atoms with E-state index >= 15 is 0 Å². The van der Waals surface area contributed by atoms with Gasteiger partial charge in [-0.05, 0) is 46.8 Å². The number of amides is 1. The van der Waals surface area contributed by atoms with E-state index in [0.29, 0.717) is 25.5 Å². The van der Waals surface area contributed by atoms with E-state index in [1.807, 2.05) is 40.7 Å². The van der Waals surface area contributed by atoms with Crippen LogP contribution in [0.25, 0.3) is 0 Å². The fraction of sp³-hybridized carbons (Fsp3) is 0.611. The molecule has 0 bridgehead atoms. The van der Waals surface area contributed by atoms with Gasteiger partial charge in [-0.3, -0.25) is 4.90 Å². The molecule has 0 spiro atoms. The predicted octanol–water partition coefficient (Wildman–Crippen LogP) is 2.70. The summed E-state index contributed by atoms with van der Waals surface area (Å²) in [6.45, 7) is 11.3. The molecule has 25 heavy (non-hydrogen) atoms. The van der Waals surface area contributed by atoms with Crippen LogP contribution in [0.2, 0.25) is 0 Å². The lowest BCUT2D eigenvalue weighted by molar-refractivity contribution is 0.000308. The Bertz CT molecular complexity index is 652. The van der Waals surface area contributed by atoms with Gasteiger partial charge in [0.1, 0.15) is 11.4 Å². The molecular formula is C18H27N3O4. The Kier molecular flexibility index (Phi) is 5.25. The molecule has 0 aliphatic carbocycles. The minimum atomic E-state index is -0.527. The van der Waals surface area contributed by atoms with Crippen LogP contribution in [0.1, 0.15) is 45.1 Å². The van der Waals surface area contributed by atoms with Gasteiger partial charge in [0.25, 0.3) is 0 Å². The lowest BCUT2D eigenvalue weighted by Gasteiger charge is -2.47. The van der Waals surface area contributed by atoms with Crippen LogP contribution in [-0.2, 0) is 9.47 Å². The zero-order valence-electron chi connectivity index (χ0n) is 15.8. The first-order valence-electron chi connectivity index (χ1n) is 8.34. The summed E-state index contributed by atoms with van der Waals surface area (Å²) in [5.74, 6) is 0.230. The van der Waals surface area contributed by atoms with E-state index in [9.17, 15) is 9.59 Å². The number of hydrogen-bond donors (Lipinski definition) is 0. The lowest BCUT2D eigenvalue weighted by atomic mass is 9.99. The standard InChI is InChI=1S/C18H27N3O4/c1-17(2,3)25-16(23)21-11-10-20(12-18(21,4)5)14-9-7-8-13(19-14)15(22)24-6/h7-9H,10-12H2,1-6H3. The van der Waals surface area contributed by atoms with Gasteiger partial charge in [-0.15, -0.1) is 0 Å². The van der Waals surface area contributed by atoms with Crippen LogP contribution in [0.15, 0.2) is 18.2 Å². The molecule has 1 aliphatic heterocycles. The maximum Gasteiger partial charge on any atom is 0.410 e. The fourth-order valence-corrected chi connectivity index (χ4v) is 2.82. The molecule has 0 saturated carbocycles. The molecule has 0 radical (unpaired) electrons. The molecule has 2 rings (SSSR count). The molecular weight excluding hydrogens is 322 g/mol. The summed E-state index contributed by atoms with van der Waals surface area (Å²) in [5, 5.41) is 0. The molecule has 1 aromatic rings. The van der Waals surface area contributed by atoms with E-state index in [4.69, 9.17) is 9.47 Å². The number of carbonyl (C=O) groups excluding carboxylic acids is 2. The number of rotatable bonds is 2. The third-order valence-electron chi connectivity index (χ3n) is 3.97. The number of aromatic nitrogens is 1. The first-order valence-corrected chi connectivity index (χ1v) is 8.34. The van der Waals surface area contributed by atoms with E-state index < -0.39 is 17.1 Å². The molecule has 1 amide bonds. The summed E-state index contributed by atoms with van der Waals surface area (Å²) in [5.41, 5.74) is -0.683. The number of hydrogen-bond acceptors (Lipinski definition) is 6. The molecule has 0 aromatic carbocycles. The van der Waals surface area contributed by atoms with Crippen LogP contribution in [-0.4, -0.2) is 59.8 Å². The zero-order chi connectivity index (χ0) is 18.8. The van der Waals surface area contributed by atoms with Crippen LogP contribution in [0.5, 0.6) is 0 Å². The Morgan fingerprint density at radius 2 is 1.88 bits per heavy atom. The molecule has 2 heterocycles. The summed E-state index contributed by atoms with van der Waals surface area (Å²) in [6, 6.07) is 5.25. The quantitative estimate of drug-likeness (QED) is 0.765. The monoisotopic (exact) mass is 349 g/mol. The second-order valence-electron chi connectivity index (χ2n) is 7.74. The summed E-state index contributed by atoms with van der Waals surface area (Å²) < 4.78 is 10.2. The van der Waals surface area contributed by atoms with Gasteiger partial charge in [0, 0.05) is 19.6 Å². The molecule has 7 heteroatoms. The molecule has 0 N–H and O–H groups in total. The number of anilines is 1. The third-order valence-corrected chi connectivity index (χ3v) is 3.97. The normalized spacial score (nSPS) is 17.2. The van der Waals surface area contributed by atoms with Crippen LogP contribution in [0.4, 0.5) is 10.6 Å². The minimum absolute atomic E-state index is 0.271. The summed E-state index contributed by atoms with van der Waals surface area (Å²) >= 11 is 0.